The summed E-state index contributed by atoms with van der Waals surface area (Å²) in [7, 11) is 0. The first-order valence-electron chi connectivity index (χ1n) is 8.83. The Balaban J connectivity index is 1.66. The van der Waals surface area contributed by atoms with Crippen molar-refractivity contribution in [3.05, 3.63) is 81.9 Å². The van der Waals surface area contributed by atoms with E-state index in [0.717, 1.165) is 6.42 Å². The van der Waals surface area contributed by atoms with Crippen molar-refractivity contribution in [2.75, 3.05) is 0 Å². The zero-order valence-corrected chi connectivity index (χ0v) is 15.4. The van der Waals surface area contributed by atoms with Crippen molar-refractivity contribution >= 4 is 5.91 Å². The van der Waals surface area contributed by atoms with Crippen LogP contribution in [0.2, 0.25) is 0 Å². The molecule has 0 spiro atoms. The molecule has 0 aliphatic heterocycles. The minimum Gasteiger partial charge on any atom is -0.427 e. The Morgan fingerprint density at radius 3 is 2.70 bits per heavy atom. The van der Waals surface area contributed by atoms with Crippen LogP contribution in [0.5, 0.6) is 0 Å². The Morgan fingerprint density at radius 1 is 1.26 bits per heavy atom. The molecule has 0 fully saturated rings. The highest BCUT2D eigenvalue weighted by Crippen LogP contribution is 2.11. The van der Waals surface area contributed by atoms with Crippen molar-refractivity contribution in [3.8, 4) is 0 Å². The average molecular weight is 366 g/mol. The number of carbonyl (C=O) groups excluding carboxylic acids is 1. The Labute approximate surface area is 157 Å². The van der Waals surface area contributed by atoms with Crippen molar-refractivity contribution in [2.24, 2.45) is 0 Å². The third kappa shape index (κ3) is 4.91. The number of nitrogens with one attached hydrogen (secondary N) is 1. The van der Waals surface area contributed by atoms with Crippen molar-refractivity contribution in [1.29, 1.82) is 0 Å². The van der Waals surface area contributed by atoms with Crippen molar-refractivity contribution in [1.82, 2.24) is 20.1 Å². The number of nitrogens with zero attached hydrogens (tertiary/aromatic N) is 3. The fourth-order valence-corrected chi connectivity index (χ4v) is 2.93. The van der Waals surface area contributed by atoms with Crippen LogP contribution in [0, 0.1) is 6.92 Å². The molecule has 27 heavy (non-hydrogen) atoms. The van der Waals surface area contributed by atoms with Crippen LogP contribution in [0.4, 0.5) is 0 Å². The molecule has 1 atom stereocenters. The number of amides is 1. The van der Waals surface area contributed by atoms with Crippen LogP contribution in [0.1, 0.15) is 34.2 Å². The van der Waals surface area contributed by atoms with Gasteiger partial charge in [-0.3, -0.25) is 9.48 Å². The summed E-state index contributed by atoms with van der Waals surface area (Å²) in [5.74, 6) is 0.136. The van der Waals surface area contributed by atoms with E-state index in [4.69, 9.17) is 4.42 Å². The summed E-state index contributed by atoms with van der Waals surface area (Å²) in [5.41, 5.74) is 1.22. The molecule has 0 aliphatic carbocycles. The molecular weight excluding hydrogens is 344 g/mol. The van der Waals surface area contributed by atoms with Gasteiger partial charge in [0.2, 0.25) is 0 Å². The zero-order chi connectivity index (χ0) is 19.2. The van der Waals surface area contributed by atoms with E-state index in [2.05, 4.69) is 15.4 Å². The molecule has 0 saturated carbocycles. The van der Waals surface area contributed by atoms with Gasteiger partial charge in [0.15, 0.2) is 0 Å². The van der Waals surface area contributed by atoms with Gasteiger partial charge in [-0.2, -0.15) is 5.10 Å². The van der Waals surface area contributed by atoms with E-state index in [1.807, 2.05) is 37.3 Å². The van der Waals surface area contributed by atoms with Gasteiger partial charge in [0.25, 0.3) is 5.91 Å². The minimum atomic E-state index is -0.608. The molecule has 2 heterocycles. The van der Waals surface area contributed by atoms with Crippen LogP contribution in [-0.2, 0) is 19.4 Å². The lowest BCUT2D eigenvalue weighted by atomic mass is 10.1. The zero-order valence-electron chi connectivity index (χ0n) is 15.4. The Bertz CT molecular complexity index is 949. The van der Waals surface area contributed by atoms with Gasteiger partial charge in [0.1, 0.15) is 24.0 Å². The summed E-state index contributed by atoms with van der Waals surface area (Å²) in [4.78, 5) is 28.7. The molecule has 0 saturated heterocycles. The first-order chi connectivity index (χ1) is 13.0. The third-order valence-corrected chi connectivity index (χ3v) is 4.23. The fourth-order valence-electron chi connectivity index (χ4n) is 2.93. The van der Waals surface area contributed by atoms with Gasteiger partial charge in [0, 0.05) is 12.5 Å². The first-order valence-corrected chi connectivity index (χ1v) is 8.83. The number of hydrogen-bond donors (Lipinski definition) is 1. The van der Waals surface area contributed by atoms with E-state index in [-0.39, 0.29) is 11.6 Å². The van der Waals surface area contributed by atoms with Crippen molar-refractivity contribution in [2.45, 2.75) is 39.3 Å². The maximum Gasteiger partial charge on any atom is 0.349 e. The highest BCUT2D eigenvalue weighted by Gasteiger charge is 2.19. The number of aromatic nitrogens is 3. The van der Waals surface area contributed by atoms with E-state index in [9.17, 15) is 9.59 Å². The molecular formula is C20H22N4O3. The maximum absolute atomic E-state index is 12.5. The second-order valence-corrected chi connectivity index (χ2v) is 6.54. The van der Waals surface area contributed by atoms with Gasteiger partial charge in [-0.25, -0.2) is 9.78 Å². The second kappa shape index (κ2) is 8.44. The van der Waals surface area contributed by atoms with Crippen LogP contribution < -0.4 is 10.9 Å². The quantitative estimate of drug-likeness (QED) is 0.692. The molecule has 2 aromatic heterocycles. The predicted octanol–water partition coefficient (Wildman–Crippen LogP) is 2.14. The Morgan fingerprint density at radius 2 is 2.04 bits per heavy atom. The van der Waals surface area contributed by atoms with Gasteiger partial charge in [-0.1, -0.05) is 30.3 Å². The summed E-state index contributed by atoms with van der Waals surface area (Å²) in [6.07, 6.45) is 4.37. The van der Waals surface area contributed by atoms with Crippen molar-refractivity contribution in [3.63, 3.8) is 0 Å². The van der Waals surface area contributed by atoms with Crippen LogP contribution in [0.3, 0.4) is 0 Å². The summed E-state index contributed by atoms with van der Waals surface area (Å²) in [6, 6.07) is 11.5. The van der Waals surface area contributed by atoms with E-state index >= 15 is 0 Å². The summed E-state index contributed by atoms with van der Waals surface area (Å²) in [6.45, 7) is 4.05. The van der Waals surface area contributed by atoms with Gasteiger partial charge in [0.05, 0.1) is 6.54 Å². The van der Waals surface area contributed by atoms with Gasteiger partial charge < -0.3 is 9.73 Å². The Hall–Kier alpha value is -3.22. The predicted molar refractivity (Wildman–Crippen MR) is 101 cm³/mol. The topological polar surface area (TPSA) is 90.0 Å². The number of benzene rings is 1. The van der Waals surface area contributed by atoms with E-state index in [1.54, 1.807) is 24.0 Å². The van der Waals surface area contributed by atoms with Gasteiger partial charge in [-0.05, 0) is 37.5 Å². The maximum atomic E-state index is 12.5. The van der Waals surface area contributed by atoms with E-state index < -0.39 is 11.5 Å². The SMILES string of the molecule is Cc1cc(CCc2ccccc2)oc(=O)c1C(=O)NC(C)Cn1cncn1. The molecule has 1 unspecified atom stereocenters. The fraction of sp³-hybridized carbons (Fsp3) is 0.300. The van der Waals surface area contributed by atoms with Gasteiger partial charge in [-0.15, -0.1) is 0 Å². The summed E-state index contributed by atoms with van der Waals surface area (Å²) in [5, 5.41) is 6.81. The summed E-state index contributed by atoms with van der Waals surface area (Å²) >= 11 is 0. The lowest BCUT2D eigenvalue weighted by Gasteiger charge is -2.14. The number of hydrogen-bond acceptors (Lipinski definition) is 5. The molecule has 0 radical (unpaired) electrons. The lowest BCUT2D eigenvalue weighted by molar-refractivity contribution is 0.0931. The number of carbonyl (C=O) groups is 1. The number of rotatable bonds is 7. The number of aryl methyl sites for hydroxylation is 3. The van der Waals surface area contributed by atoms with Crippen LogP contribution in [0.15, 0.2) is 58.3 Å². The smallest absolute Gasteiger partial charge is 0.349 e. The molecule has 3 aromatic rings. The molecule has 3 rings (SSSR count). The van der Waals surface area contributed by atoms with Crippen LogP contribution >= 0.6 is 0 Å². The molecule has 7 nitrogen and oxygen atoms in total. The first kappa shape index (κ1) is 18.6. The lowest BCUT2D eigenvalue weighted by Crippen LogP contribution is -2.38. The van der Waals surface area contributed by atoms with Gasteiger partial charge >= 0.3 is 5.63 Å². The highest BCUT2D eigenvalue weighted by atomic mass is 16.4. The van der Waals surface area contributed by atoms with E-state index in [1.165, 1.54) is 11.9 Å². The highest BCUT2D eigenvalue weighted by molar-refractivity contribution is 5.95. The second-order valence-electron chi connectivity index (χ2n) is 6.54. The van der Waals surface area contributed by atoms with Crippen LogP contribution in [-0.4, -0.2) is 26.7 Å². The molecule has 1 amide bonds. The molecule has 1 aromatic carbocycles. The molecule has 0 bridgehead atoms. The molecule has 140 valence electrons. The van der Waals surface area contributed by atoms with Crippen molar-refractivity contribution < 1.29 is 9.21 Å². The molecule has 7 heteroatoms. The minimum absolute atomic E-state index is 0.0453. The summed E-state index contributed by atoms with van der Waals surface area (Å²) < 4.78 is 6.99. The van der Waals surface area contributed by atoms with Crippen LogP contribution in [0.25, 0.3) is 0 Å². The molecule has 1 N–H and O–H groups in total. The standard InChI is InChI=1S/C20H22N4O3/c1-14-10-17(9-8-16-6-4-3-5-7-16)27-20(26)18(14)19(25)23-15(2)11-24-13-21-12-22-24/h3-7,10,12-13,15H,8-9,11H2,1-2H3,(H,23,25). The Kier molecular flexibility index (Phi) is 5.80. The third-order valence-electron chi connectivity index (χ3n) is 4.23. The monoisotopic (exact) mass is 366 g/mol. The molecule has 0 aliphatic rings. The largest absolute Gasteiger partial charge is 0.427 e. The normalized spacial score (nSPS) is 11.9. The van der Waals surface area contributed by atoms with E-state index in [0.29, 0.717) is 24.3 Å². The average Bonchev–Trinajstić information content (AvgIpc) is 3.13.